The van der Waals surface area contributed by atoms with E-state index in [4.69, 9.17) is 0 Å². The molecule has 0 aliphatic carbocycles. The van der Waals surface area contributed by atoms with Gasteiger partial charge < -0.3 is 15.0 Å². The van der Waals surface area contributed by atoms with E-state index in [1.807, 2.05) is 0 Å². The molecule has 1 saturated heterocycles. The van der Waals surface area contributed by atoms with Gasteiger partial charge in [-0.15, -0.1) is 0 Å². The Morgan fingerprint density at radius 2 is 1.64 bits per heavy atom. The first kappa shape index (κ1) is 15.8. The van der Waals surface area contributed by atoms with Crippen LogP contribution in [0.15, 0.2) is 36.4 Å². The first-order valence-corrected chi connectivity index (χ1v) is 8.08. The standard InChI is InChI=1S/C18H17F2N3O2/c1-10(24)17(22-7-6-21-18(22)25)23-15-4-2-11(19)8-13(15)14-9-12(20)3-5-16(14)23/h2-5,8-10,17,24H,6-7H2,1H3,(H,21,25). The van der Waals surface area contributed by atoms with E-state index < -0.39 is 23.9 Å². The van der Waals surface area contributed by atoms with Crippen molar-refractivity contribution in [3.63, 3.8) is 0 Å². The summed E-state index contributed by atoms with van der Waals surface area (Å²) in [5, 5.41) is 14.2. The molecular weight excluding hydrogens is 328 g/mol. The van der Waals surface area contributed by atoms with E-state index in [-0.39, 0.29) is 6.03 Å². The lowest BCUT2D eigenvalue weighted by molar-refractivity contribution is 0.0541. The quantitative estimate of drug-likeness (QED) is 0.767. The fourth-order valence-corrected chi connectivity index (χ4v) is 3.64. The fourth-order valence-electron chi connectivity index (χ4n) is 3.64. The number of fused-ring (bicyclic) bond motifs is 3. The van der Waals surface area contributed by atoms with Crippen LogP contribution in [-0.4, -0.2) is 39.8 Å². The molecule has 2 amide bonds. The number of carbonyl (C=O) groups is 1. The van der Waals surface area contributed by atoms with Crippen molar-refractivity contribution in [2.75, 3.05) is 13.1 Å². The molecule has 7 heteroatoms. The maximum absolute atomic E-state index is 13.8. The summed E-state index contributed by atoms with van der Waals surface area (Å²) in [7, 11) is 0. The fraction of sp³-hybridized carbons (Fsp3) is 0.278. The third-order valence-electron chi connectivity index (χ3n) is 4.63. The van der Waals surface area contributed by atoms with E-state index >= 15 is 0 Å². The number of amides is 2. The topological polar surface area (TPSA) is 57.5 Å². The van der Waals surface area contributed by atoms with E-state index in [1.165, 1.54) is 29.2 Å². The number of carbonyl (C=O) groups excluding carboxylic acids is 1. The van der Waals surface area contributed by atoms with Crippen LogP contribution in [0.1, 0.15) is 13.1 Å². The third kappa shape index (κ3) is 2.42. The van der Waals surface area contributed by atoms with Crippen molar-refractivity contribution in [1.82, 2.24) is 14.8 Å². The Morgan fingerprint density at radius 3 is 2.08 bits per heavy atom. The number of hydrogen-bond acceptors (Lipinski definition) is 2. The lowest BCUT2D eigenvalue weighted by Gasteiger charge is -2.31. The second-order valence-electron chi connectivity index (χ2n) is 6.27. The zero-order valence-electron chi connectivity index (χ0n) is 13.5. The molecule has 2 aromatic carbocycles. The van der Waals surface area contributed by atoms with E-state index in [2.05, 4.69) is 5.32 Å². The summed E-state index contributed by atoms with van der Waals surface area (Å²) in [4.78, 5) is 13.7. The summed E-state index contributed by atoms with van der Waals surface area (Å²) in [6.45, 7) is 2.53. The Morgan fingerprint density at radius 1 is 1.08 bits per heavy atom. The molecule has 1 fully saturated rings. The van der Waals surface area contributed by atoms with Gasteiger partial charge in [0.2, 0.25) is 0 Å². The smallest absolute Gasteiger partial charge is 0.319 e. The molecule has 5 nitrogen and oxygen atoms in total. The van der Waals surface area contributed by atoms with Gasteiger partial charge in [-0.3, -0.25) is 4.90 Å². The molecule has 0 radical (unpaired) electrons. The molecule has 4 rings (SSSR count). The van der Waals surface area contributed by atoms with Crippen molar-refractivity contribution in [3.8, 4) is 0 Å². The van der Waals surface area contributed by atoms with Crippen molar-refractivity contribution in [3.05, 3.63) is 48.0 Å². The van der Waals surface area contributed by atoms with E-state index in [9.17, 15) is 18.7 Å². The zero-order valence-corrected chi connectivity index (χ0v) is 13.5. The van der Waals surface area contributed by atoms with Gasteiger partial charge in [0.15, 0.2) is 0 Å². The Kier molecular flexibility index (Phi) is 3.61. The van der Waals surface area contributed by atoms with Gasteiger partial charge in [-0.05, 0) is 43.3 Å². The largest absolute Gasteiger partial charge is 0.389 e. The van der Waals surface area contributed by atoms with Crippen LogP contribution in [-0.2, 0) is 0 Å². The molecule has 2 unspecified atom stereocenters. The van der Waals surface area contributed by atoms with Crippen LogP contribution in [0.4, 0.5) is 13.6 Å². The van der Waals surface area contributed by atoms with Gasteiger partial charge in [-0.2, -0.15) is 0 Å². The van der Waals surface area contributed by atoms with Gasteiger partial charge in [-0.25, -0.2) is 13.6 Å². The molecule has 2 N–H and O–H groups in total. The Hall–Kier alpha value is -2.67. The monoisotopic (exact) mass is 345 g/mol. The number of halogens is 2. The normalized spacial score (nSPS) is 17.3. The molecule has 0 spiro atoms. The summed E-state index contributed by atoms with van der Waals surface area (Å²) >= 11 is 0. The van der Waals surface area contributed by atoms with Crippen molar-refractivity contribution in [2.24, 2.45) is 0 Å². The average Bonchev–Trinajstić information content (AvgIpc) is 3.10. The predicted molar refractivity (Wildman–Crippen MR) is 90.2 cm³/mol. The number of hydrogen-bond donors (Lipinski definition) is 2. The van der Waals surface area contributed by atoms with Crippen LogP contribution in [0.3, 0.4) is 0 Å². The SMILES string of the molecule is CC(O)C(N1CCNC1=O)n1c2ccc(F)cc2c2cc(F)ccc21. The minimum absolute atomic E-state index is 0.273. The van der Waals surface area contributed by atoms with Gasteiger partial charge >= 0.3 is 6.03 Å². The molecule has 130 valence electrons. The first-order valence-electron chi connectivity index (χ1n) is 8.08. The minimum atomic E-state index is -0.877. The van der Waals surface area contributed by atoms with Crippen LogP contribution < -0.4 is 5.32 Å². The summed E-state index contributed by atoms with van der Waals surface area (Å²) in [6, 6.07) is 8.23. The number of nitrogens with one attached hydrogen (secondary N) is 1. The maximum Gasteiger partial charge on any atom is 0.319 e. The molecule has 1 aliphatic heterocycles. The van der Waals surface area contributed by atoms with Crippen LogP contribution >= 0.6 is 0 Å². The molecule has 1 aromatic heterocycles. The van der Waals surface area contributed by atoms with Gasteiger partial charge in [0, 0.05) is 23.9 Å². The number of nitrogens with zero attached hydrogens (tertiary/aromatic N) is 2. The summed E-state index contributed by atoms with van der Waals surface area (Å²) in [5.74, 6) is -0.855. The van der Waals surface area contributed by atoms with Crippen molar-refractivity contribution in [1.29, 1.82) is 0 Å². The summed E-state index contributed by atoms with van der Waals surface area (Å²) < 4.78 is 29.3. The highest BCUT2D eigenvalue weighted by atomic mass is 19.1. The number of aliphatic hydroxyl groups is 1. The van der Waals surface area contributed by atoms with Gasteiger partial charge in [0.1, 0.15) is 17.8 Å². The first-order chi connectivity index (χ1) is 12.0. The Labute approximate surface area is 142 Å². The summed E-state index contributed by atoms with van der Waals surface area (Å²) in [5.41, 5.74) is 1.26. The number of aromatic nitrogens is 1. The molecule has 1 aliphatic rings. The van der Waals surface area contributed by atoms with E-state index in [0.717, 1.165) is 0 Å². The van der Waals surface area contributed by atoms with Gasteiger partial charge in [0.25, 0.3) is 0 Å². The average molecular weight is 345 g/mol. The maximum atomic E-state index is 13.8. The number of urea groups is 1. The number of aliphatic hydroxyl groups excluding tert-OH is 1. The molecule has 3 aromatic rings. The van der Waals surface area contributed by atoms with Crippen LogP contribution in [0.5, 0.6) is 0 Å². The molecule has 2 atom stereocenters. The molecule has 25 heavy (non-hydrogen) atoms. The van der Waals surface area contributed by atoms with Crippen molar-refractivity contribution < 1.29 is 18.7 Å². The second kappa shape index (κ2) is 5.70. The lowest BCUT2D eigenvalue weighted by atomic mass is 10.1. The minimum Gasteiger partial charge on any atom is -0.389 e. The predicted octanol–water partition coefficient (Wildman–Crippen LogP) is 2.98. The lowest BCUT2D eigenvalue weighted by Crippen LogP contribution is -2.41. The van der Waals surface area contributed by atoms with Crippen molar-refractivity contribution in [2.45, 2.75) is 19.2 Å². The van der Waals surface area contributed by atoms with Gasteiger partial charge in [-0.1, -0.05) is 0 Å². The van der Waals surface area contributed by atoms with Crippen LogP contribution in [0, 0.1) is 11.6 Å². The van der Waals surface area contributed by atoms with Crippen LogP contribution in [0.25, 0.3) is 21.8 Å². The highest BCUT2D eigenvalue weighted by Crippen LogP contribution is 2.35. The van der Waals surface area contributed by atoms with Crippen molar-refractivity contribution >= 4 is 27.8 Å². The molecular formula is C18H17F2N3O2. The zero-order chi connectivity index (χ0) is 17.7. The third-order valence-corrected chi connectivity index (χ3v) is 4.63. The van der Waals surface area contributed by atoms with Gasteiger partial charge in [0.05, 0.1) is 17.1 Å². The summed E-state index contributed by atoms with van der Waals surface area (Å²) in [6.07, 6.45) is -1.56. The van der Waals surface area contributed by atoms with Crippen LogP contribution in [0.2, 0.25) is 0 Å². The molecule has 0 bridgehead atoms. The Bertz CT molecular complexity index is 924. The highest BCUT2D eigenvalue weighted by molar-refractivity contribution is 6.08. The molecule has 2 heterocycles. The Balaban J connectivity index is 2.05. The number of rotatable bonds is 3. The van der Waals surface area contributed by atoms with E-state index in [0.29, 0.717) is 34.9 Å². The van der Waals surface area contributed by atoms with E-state index in [1.54, 1.807) is 23.6 Å². The second-order valence-corrected chi connectivity index (χ2v) is 6.27. The number of benzene rings is 2. The molecule has 0 saturated carbocycles. The highest BCUT2D eigenvalue weighted by Gasteiger charge is 2.34.